The number of nitrogen functional groups attached to an aromatic ring is 1. The number of fused-ring (bicyclic) bond motifs is 1. The number of aryl methyl sites for hydroxylation is 1. The van der Waals surface area contributed by atoms with Crippen molar-refractivity contribution in [1.82, 2.24) is 4.57 Å². The fourth-order valence-electron chi connectivity index (χ4n) is 1.66. The van der Waals surface area contributed by atoms with E-state index in [9.17, 15) is 8.42 Å². The summed E-state index contributed by atoms with van der Waals surface area (Å²) in [6.45, 7) is 0.464. The van der Waals surface area contributed by atoms with Gasteiger partial charge in [0.25, 0.3) is 0 Å². The molecule has 0 bridgehead atoms. The highest BCUT2D eigenvalue weighted by atomic mass is 32.2. The number of nitrogens with zero attached hydrogens (tertiary/aromatic N) is 1. The summed E-state index contributed by atoms with van der Waals surface area (Å²) < 4.78 is 24.1. The maximum absolute atomic E-state index is 11.1. The molecule has 4 nitrogen and oxygen atoms in total. The molecule has 2 rings (SSSR count). The van der Waals surface area contributed by atoms with Gasteiger partial charge in [0.05, 0.1) is 11.3 Å². The van der Waals surface area contributed by atoms with Crippen LogP contribution in [0.25, 0.3) is 10.9 Å². The van der Waals surface area contributed by atoms with Crippen LogP contribution in [-0.4, -0.2) is 25.0 Å². The smallest absolute Gasteiger partial charge is 0.149 e. The van der Waals surface area contributed by atoms with Crippen molar-refractivity contribution in [2.24, 2.45) is 0 Å². The van der Waals surface area contributed by atoms with Crippen LogP contribution in [0.5, 0.6) is 0 Å². The first kappa shape index (κ1) is 11.0. The van der Waals surface area contributed by atoms with E-state index in [4.69, 9.17) is 5.73 Å². The summed E-state index contributed by atoms with van der Waals surface area (Å²) in [5.41, 5.74) is 7.36. The van der Waals surface area contributed by atoms with E-state index in [0.29, 0.717) is 12.2 Å². The van der Waals surface area contributed by atoms with E-state index in [-0.39, 0.29) is 5.75 Å². The third-order valence-electron chi connectivity index (χ3n) is 2.50. The molecule has 2 N–H and O–H groups in total. The zero-order valence-electron chi connectivity index (χ0n) is 9.05. The van der Waals surface area contributed by atoms with Gasteiger partial charge in [0.2, 0.25) is 0 Å². The zero-order chi connectivity index (χ0) is 11.8. The Labute approximate surface area is 94.6 Å². The Balaban J connectivity index is 2.34. The highest BCUT2D eigenvalue weighted by Crippen LogP contribution is 2.18. The number of hydrogen-bond acceptors (Lipinski definition) is 3. The molecule has 0 unspecified atom stereocenters. The fourth-order valence-corrected chi connectivity index (χ4v) is 2.19. The van der Waals surface area contributed by atoms with Crippen molar-refractivity contribution < 1.29 is 8.42 Å². The molecular formula is C11H14N2O2S. The molecule has 0 atom stereocenters. The number of aromatic nitrogens is 1. The molecule has 0 aliphatic rings. The zero-order valence-corrected chi connectivity index (χ0v) is 9.87. The highest BCUT2D eigenvalue weighted by molar-refractivity contribution is 7.90. The number of benzene rings is 1. The number of sulfone groups is 1. The molecule has 1 aromatic carbocycles. The molecule has 0 fully saturated rings. The van der Waals surface area contributed by atoms with Gasteiger partial charge in [-0.25, -0.2) is 8.42 Å². The Morgan fingerprint density at radius 2 is 2.06 bits per heavy atom. The third-order valence-corrected chi connectivity index (χ3v) is 3.43. The minimum absolute atomic E-state index is 0.144. The number of hydrogen-bond donors (Lipinski definition) is 1. The Bertz CT molecular complexity index is 614. The van der Waals surface area contributed by atoms with Crippen LogP contribution in [-0.2, 0) is 16.4 Å². The van der Waals surface area contributed by atoms with Crippen LogP contribution in [0.3, 0.4) is 0 Å². The van der Waals surface area contributed by atoms with Gasteiger partial charge in [0, 0.05) is 24.7 Å². The summed E-state index contributed by atoms with van der Waals surface area (Å²) in [7, 11) is -2.93. The molecule has 0 aliphatic carbocycles. The van der Waals surface area contributed by atoms with Crippen molar-refractivity contribution in [3.8, 4) is 0 Å². The molecule has 16 heavy (non-hydrogen) atoms. The topological polar surface area (TPSA) is 65.1 Å². The average molecular weight is 238 g/mol. The molecule has 0 saturated carbocycles. The number of anilines is 1. The molecule has 2 aromatic rings. The standard InChI is InChI=1S/C11H14N2O2S/c1-16(14,15)7-6-13-5-4-9-2-3-10(12)8-11(9)13/h2-5,8H,6-7,12H2,1H3. The second-order valence-electron chi connectivity index (χ2n) is 3.96. The first-order valence-electron chi connectivity index (χ1n) is 4.98. The number of rotatable bonds is 3. The Hall–Kier alpha value is -1.49. The molecule has 1 heterocycles. The van der Waals surface area contributed by atoms with E-state index in [1.807, 2.05) is 35.0 Å². The minimum Gasteiger partial charge on any atom is -0.399 e. The normalized spacial score (nSPS) is 12.1. The summed E-state index contributed by atoms with van der Waals surface area (Å²) in [4.78, 5) is 0. The first-order chi connectivity index (χ1) is 7.46. The molecule has 5 heteroatoms. The SMILES string of the molecule is CS(=O)(=O)CCn1ccc2ccc(N)cc21. The quantitative estimate of drug-likeness (QED) is 0.819. The van der Waals surface area contributed by atoms with Crippen LogP contribution >= 0.6 is 0 Å². The van der Waals surface area contributed by atoms with Crippen LogP contribution in [0.15, 0.2) is 30.5 Å². The van der Waals surface area contributed by atoms with E-state index in [1.165, 1.54) is 6.26 Å². The summed E-state index contributed by atoms with van der Waals surface area (Å²) in [5, 5.41) is 1.07. The van der Waals surface area contributed by atoms with Crippen LogP contribution in [0, 0.1) is 0 Å². The summed E-state index contributed by atoms with van der Waals surface area (Å²) in [6, 6.07) is 7.58. The van der Waals surface area contributed by atoms with Crippen molar-refractivity contribution >= 4 is 26.4 Å². The molecule has 0 aliphatic heterocycles. The lowest BCUT2D eigenvalue weighted by atomic mass is 10.2. The van der Waals surface area contributed by atoms with Crippen molar-refractivity contribution in [2.75, 3.05) is 17.7 Å². The van der Waals surface area contributed by atoms with Crippen LogP contribution in [0.2, 0.25) is 0 Å². The molecule has 0 saturated heterocycles. The third kappa shape index (κ3) is 2.36. The van der Waals surface area contributed by atoms with Crippen LogP contribution in [0.4, 0.5) is 5.69 Å². The van der Waals surface area contributed by atoms with Crippen LogP contribution < -0.4 is 5.73 Å². The lowest BCUT2D eigenvalue weighted by molar-refractivity contribution is 0.596. The predicted molar refractivity (Wildman–Crippen MR) is 66.1 cm³/mol. The highest BCUT2D eigenvalue weighted by Gasteiger charge is 2.05. The summed E-state index contributed by atoms with van der Waals surface area (Å²) in [6.07, 6.45) is 3.13. The van der Waals surface area contributed by atoms with E-state index < -0.39 is 9.84 Å². The largest absolute Gasteiger partial charge is 0.399 e. The van der Waals surface area contributed by atoms with E-state index in [0.717, 1.165) is 10.9 Å². The van der Waals surface area contributed by atoms with Crippen molar-refractivity contribution in [3.05, 3.63) is 30.5 Å². The van der Waals surface area contributed by atoms with Gasteiger partial charge in [-0.3, -0.25) is 0 Å². The van der Waals surface area contributed by atoms with E-state index in [1.54, 1.807) is 0 Å². The summed E-state index contributed by atoms with van der Waals surface area (Å²) >= 11 is 0. The lowest BCUT2D eigenvalue weighted by Crippen LogP contribution is -2.10. The molecule has 86 valence electrons. The second kappa shape index (κ2) is 3.83. The molecule has 0 radical (unpaired) electrons. The van der Waals surface area contributed by atoms with Gasteiger partial charge in [-0.15, -0.1) is 0 Å². The van der Waals surface area contributed by atoms with Gasteiger partial charge < -0.3 is 10.3 Å². The maximum Gasteiger partial charge on any atom is 0.149 e. The van der Waals surface area contributed by atoms with Gasteiger partial charge in [-0.05, 0) is 23.6 Å². The molecule has 1 aromatic heterocycles. The molecule has 0 spiro atoms. The summed E-state index contributed by atoms with van der Waals surface area (Å²) in [5.74, 6) is 0.144. The Morgan fingerprint density at radius 3 is 2.75 bits per heavy atom. The molecule has 0 amide bonds. The van der Waals surface area contributed by atoms with Gasteiger partial charge in [-0.2, -0.15) is 0 Å². The fraction of sp³-hybridized carbons (Fsp3) is 0.273. The van der Waals surface area contributed by atoms with Gasteiger partial charge >= 0.3 is 0 Å². The Morgan fingerprint density at radius 1 is 1.31 bits per heavy atom. The maximum atomic E-state index is 11.1. The minimum atomic E-state index is -2.93. The first-order valence-corrected chi connectivity index (χ1v) is 7.04. The lowest BCUT2D eigenvalue weighted by Gasteiger charge is -2.04. The van der Waals surface area contributed by atoms with Gasteiger partial charge in [-0.1, -0.05) is 6.07 Å². The Kier molecular flexibility index (Phi) is 2.63. The van der Waals surface area contributed by atoms with Crippen molar-refractivity contribution in [1.29, 1.82) is 0 Å². The number of nitrogens with two attached hydrogens (primary N) is 1. The van der Waals surface area contributed by atoms with E-state index >= 15 is 0 Å². The van der Waals surface area contributed by atoms with Gasteiger partial charge in [0.15, 0.2) is 0 Å². The van der Waals surface area contributed by atoms with Crippen molar-refractivity contribution in [3.63, 3.8) is 0 Å². The monoisotopic (exact) mass is 238 g/mol. The van der Waals surface area contributed by atoms with E-state index in [2.05, 4.69) is 0 Å². The predicted octanol–water partition coefficient (Wildman–Crippen LogP) is 1.27. The second-order valence-corrected chi connectivity index (χ2v) is 6.22. The molecular weight excluding hydrogens is 224 g/mol. The average Bonchev–Trinajstić information content (AvgIpc) is 2.56. The van der Waals surface area contributed by atoms with Crippen LogP contribution in [0.1, 0.15) is 0 Å². The van der Waals surface area contributed by atoms with Gasteiger partial charge in [0.1, 0.15) is 9.84 Å². The van der Waals surface area contributed by atoms with Crippen molar-refractivity contribution in [2.45, 2.75) is 6.54 Å².